The summed E-state index contributed by atoms with van der Waals surface area (Å²) in [5.41, 5.74) is 0. The molecule has 0 bridgehead atoms. The number of nitrogens with zero attached hydrogens (tertiary/aromatic N) is 1. The number of amides is 1. The maximum absolute atomic E-state index is 12.2. The summed E-state index contributed by atoms with van der Waals surface area (Å²) < 4.78 is 38.4. The molecule has 1 aromatic carbocycles. The van der Waals surface area contributed by atoms with Crippen molar-refractivity contribution < 1.29 is 32.2 Å². The van der Waals surface area contributed by atoms with E-state index in [9.17, 15) is 18.0 Å². The molecular formula is C17H23NO7S. The van der Waals surface area contributed by atoms with E-state index in [-0.39, 0.29) is 24.2 Å². The molecule has 9 heteroatoms. The zero-order valence-corrected chi connectivity index (χ0v) is 15.7. The number of esters is 1. The first kappa shape index (κ1) is 20.0. The molecule has 0 saturated carbocycles. The molecule has 1 amide bonds. The number of sulfone groups is 1. The Balaban J connectivity index is 1.77. The van der Waals surface area contributed by atoms with Crippen LogP contribution in [0.2, 0.25) is 0 Å². The fraction of sp³-hybridized carbons (Fsp3) is 0.529. The van der Waals surface area contributed by atoms with Crippen LogP contribution in [-0.4, -0.2) is 69.6 Å². The van der Waals surface area contributed by atoms with E-state index in [1.807, 2.05) is 0 Å². The fourth-order valence-electron chi connectivity index (χ4n) is 2.74. The predicted molar refractivity (Wildman–Crippen MR) is 93.9 cm³/mol. The fourth-order valence-corrected chi connectivity index (χ4v) is 4.47. The van der Waals surface area contributed by atoms with Gasteiger partial charge in [-0.3, -0.25) is 4.79 Å². The van der Waals surface area contributed by atoms with E-state index in [0.717, 1.165) is 0 Å². The number of hydrogen-bond donors (Lipinski definition) is 0. The van der Waals surface area contributed by atoms with Crippen LogP contribution in [0.25, 0.3) is 0 Å². The van der Waals surface area contributed by atoms with E-state index in [1.165, 1.54) is 4.90 Å². The van der Waals surface area contributed by atoms with Crippen molar-refractivity contribution in [3.05, 3.63) is 24.3 Å². The van der Waals surface area contributed by atoms with E-state index in [1.54, 1.807) is 38.3 Å². The highest BCUT2D eigenvalue weighted by Gasteiger charge is 2.34. The van der Waals surface area contributed by atoms with Gasteiger partial charge in [-0.05, 0) is 37.6 Å². The van der Waals surface area contributed by atoms with Crippen molar-refractivity contribution in [1.82, 2.24) is 4.90 Å². The van der Waals surface area contributed by atoms with Gasteiger partial charge in [-0.15, -0.1) is 0 Å². The maximum atomic E-state index is 12.2. The molecule has 144 valence electrons. The highest BCUT2D eigenvalue weighted by atomic mass is 32.2. The van der Waals surface area contributed by atoms with Crippen molar-refractivity contribution in [2.45, 2.75) is 19.4 Å². The number of ether oxygens (including phenoxy) is 3. The standard InChI is InChI=1S/C17H23NO7S/c1-3-18(13-8-9-26(21,22)12-13)16(19)10-25-17(20)11-24-15-6-4-14(23-2)5-7-15/h4-7,13H,3,8-12H2,1-2H3/t13-/m0/s1. The number of rotatable bonds is 8. The molecule has 0 aromatic heterocycles. The first-order chi connectivity index (χ1) is 12.3. The highest BCUT2D eigenvalue weighted by molar-refractivity contribution is 7.91. The van der Waals surface area contributed by atoms with Gasteiger partial charge in [0, 0.05) is 12.6 Å². The van der Waals surface area contributed by atoms with Crippen LogP contribution in [0.1, 0.15) is 13.3 Å². The third kappa shape index (κ3) is 5.62. The van der Waals surface area contributed by atoms with Gasteiger partial charge in [0.15, 0.2) is 23.1 Å². The maximum Gasteiger partial charge on any atom is 0.344 e. The summed E-state index contributed by atoms with van der Waals surface area (Å²) in [7, 11) is -1.54. The van der Waals surface area contributed by atoms with Gasteiger partial charge in [0.25, 0.3) is 5.91 Å². The van der Waals surface area contributed by atoms with Crippen molar-refractivity contribution in [1.29, 1.82) is 0 Å². The highest BCUT2D eigenvalue weighted by Crippen LogP contribution is 2.18. The van der Waals surface area contributed by atoms with Gasteiger partial charge < -0.3 is 19.1 Å². The van der Waals surface area contributed by atoms with Crippen LogP contribution in [0.4, 0.5) is 0 Å². The summed E-state index contributed by atoms with van der Waals surface area (Å²) >= 11 is 0. The minimum absolute atomic E-state index is 0.0406. The van der Waals surface area contributed by atoms with Crippen LogP contribution < -0.4 is 9.47 Å². The van der Waals surface area contributed by atoms with Crippen molar-refractivity contribution in [3.8, 4) is 11.5 Å². The predicted octanol–water partition coefficient (Wildman–Crippen LogP) is 0.653. The number of benzene rings is 1. The summed E-state index contributed by atoms with van der Waals surface area (Å²) in [6.45, 7) is 1.36. The Kier molecular flexibility index (Phi) is 6.84. The Bertz CT molecular complexity index is 730. The zero-order chi connectivity index (χ0) is 19.2. The number of methoxy groups -OCH3 is 1. The molecule has 0 N–H and O–H groups in total. The van der Waals surface area contributed by atoms with Crippen LogP contribution in [0, 0.1) is 0 Å². The van der Waals surface area contributed by atoms with Crippen molar-refractivity contribution in [3.63, 3.8) is 0 Å². The first-order valence-corrected chi connectivity index (χ1v) is 10.1. The molecule has 26 heavy (non-hydrogen) atoms. The molecule has 1 aromatic rings. The number of carbonyl (C=O) groups is 2. The number of carbonyl (C=O) groups excluding carboxylic acids is 2. The van der Waals surface area contributed by atoms with Crippen molar-refractivity contribution >= 4 is 21.7 Å². The van der Waals surface area contributed by atoms with Gasteiger partial charge in [-0.1, -0.05) is 0 Å². The summed E-state index contributed by atoms with van der Waals surface area (Å²) in [6.07, 6.45) is 0.413. The molecule has 0 unspecified atom stereocenters. The molecule has 1 aliphatic rings. The molecule has 0 spiro atoms. The van der Waals surface area contributed by atoms with Crippen LogP contribution in [0.15, 0.2) is 24.3 Å². The number of hydrogen-bond acceptors (Lipinski definition) is 7. The molecular weight excluding hydrogens is 362 g/mol. The average Bonchev–Trinajstić information content (AvgIpc) is 2.98. The molecule has 0 aliphatic carbocycles. The molecule has 1 atom stereocenters. The minimum Gasteiger partial charge on any atom is -0.497 e. The van der Waals surface area contributed by atoms with Gasteiger partial charge in [-0.25, -0.2) is 13.2 Å². The average molecular weight is 385 g/mol. The lowest BCUT2D eigenvalue weighted by Gasteiger charge is -2.26. The number of likely N-dealkylation sites (N-methyl/N-ethyl adjacent to an activating group) is 1. The summed E-state index contributed by atoms with van der Waals surface area (Å²) in [5, 5.41) is 0. The lowest BCUT2D eigenvalue weighted by molar-refractivity contribution is -0.154. The smallest absolute Gasteiger partial charge is 0.344 e. The van der Waals surface area contributed by atoms with E-state index in [0.29, 0.717) is 24.5 Å². The lowest BCUT2D eigenvalue weighted by Crippen LogP contribution is -2.43. The van der Waals surface area contributed by atoms with Crippen LogP contribution >= 0.6 is 0 Å². The summed E-state index contributed by atoms with van der Waals surface area (Å²) in [6, 6.07) is 6.33. The summed E-state index contributed by atoms with van der Waals surface area (Å²) in [4.78, 5) is 25.4. The van der Waals surface area contributed by atoms with Crippen LogP contribution in [0.3, 0.4) is 0 Å². The Morgan fingerprint density at radius 3 is 2.35 bits per heavy atom. The van der Waals surface area contributed by atoms with Crippen LogP contribution in [-0.2, 0) is 24.2 Å². The third-order valence-corrected chi connectivity index (χ3v) is 5.83. The second-order valence-corrected chi connectivity index (χ2v) is 8.09. The molecule has 1 aliphatic heterocycles. The molecule has 1 saturated heterocycles. The van der Waals surface area contributed by atoms with Crippen LogP contribution in [0.5, 0.6) is 11.5 Å². The molecule has 1 fully saturated rings. The van der Waals surface area contributed by atoms with Gasteiger partial charge in [0.1, 0.15) is 11.5 Å². The van der Waals surface area contributed by atoms with E-state index >= 15 is 0 Å². The second kappa shape index (κ2) is 8.88. The molecule has 2 rings (SSSR count). The van der Waals surface area contributed by atoms with Gasteiger partial charge in [0.2, 0.25) is 0 Å². The van der Waals surface area contributed by atoms with Crippen molar-refractivity contribution in [2.24, 2.45) is 0 Å². The third-order valence-electron chi connectivity index (χ3n) is 4.08. The Labute approximate surface area is 152 Å². The van der Waals surface area contributed by atoms with E-state index in [4.69, 9.17) is 14.2 Å². The van der Waals surface area contributed by atoms with Crippen molar-refractivity contribution in [2.75, 3.05) is 38.4 Å². The second-order valence-electron chi connectivity index (χ2n) is 5.86. The SMILES string of the molecule is CCN(C(=O)COC(=O)COc1ccc(OC)cc1)[C@H]1CCS(=O)(=O)C1. The monoisotopic (exact) mass is 385 g/mol. The topological polar surface area (TPSA) is 99.2 Å². The zero-order valence-electron chi connectivity index (χ0n) is 14.8. The van der Waals surface area contributed by atoms with E-state index in [2.05, 4.69) is 0 Å². The lowest BCUT2D eigenvalue weighted by atomic mass is 10.2. The van der Waals surface area contributed by atoms with E-state index < -0.39 is 28.3 Å². The van der Waals surface area contributed by atoms with Gasteiger partial charge >= 0.3 is 5.97 Å². The quantitative estimate of drug-likeness (QED) is 0.606. The minimum atomic E-state index is -3.09. The molecule has 8 nitrogen and oxygen atoms in total. The molecule has 1 heterocycles. The van der Waals surface area contributed by atoms with Gasteiger partial charge in [0.05, 0.1) is 18.6 Å². The largest absolute Gasteiger partial charge is 0.497 e. The Morgan fingerprint density at radius 2 is 1.81 bits per heavy atom. The first-order valence-electron chi connectivity index (χ1n) is 8.27. The van der Waals surface area contributed by atoms with Gasteiger partial charge in [-0.2, -0.15) is 0 Å². The Morgan fingerprint density at radius 1 is 1.15 bits per heavy atom. The molecule has 0 radical (unpaired) electrons. The summed E-state index contributed by atoms with van der Waals surface area (Å²) in [5.74, 6) is 0.0918. The normalized spacial score (nSPS) is 18.2. The Hall–Kier alpha value is -2.29.